The summed E-state index contributed by atoms with van der Waals surface area (Å²) in [5.74, 6) is -1.64. The van der Waals surface area contributed by atoms with Gasteiger partial charge in [0.2, 0.25) is 0 Å². The number of ether oxygens (including phenoxy) is 2. The van der Waals surface area contributed by atoms with Crippen LogP contribution < -0.4 is 4.74 Å². The highest BCUT2D eigenvalue weighted by Crippen LogP contribution is 2.41. The van der Waals surface area contributed by atoms with Crippen LogP contribution in [0.15, 0.2) is 48.0 Å². The zero-order valence-electron chi connectivity index (χ0n) is 19.5. The predicted octanol–water partition coefficient (Wildman–Crippen LogP) is 2.85. The lowest BCUT2D eigenvalue weighted by molar-refractivity contribution is -0.140. The van der Waals surface area contributed by atoms with Gasteiger partial charge in [-0.2, -0.15) is 0 Å². The molecule has 2 heterocycles. The third-order valence-corrected chi connectivity index (χ3v) is 6.37. The van der Waals surface area contributed by atoms with Crippen molar-refractivity contribution in [3.8, 4) is 11.5 Å². The molecule has 0 saturated carbocycles. The largest absolute Gasteiger partial charge is 0.507 e. The zero-order chi connectivity index (χ0) is 24.2. The van der Waals surface area contributed by atoms with Crippen LogP contribution in [0.2, 0.25) is 0 Å². The summed E-state index contributed by atoms with van der Waals surface area (Å²) >= 11 is 0. The van der Waals surface area contributed by atoms with Gasteiger partial charge in [-0.15, -0.1) is 0 Å². The number of carbonyl (C=O) groups excluding carboxylic acids is 2. The summed E-state index contributed by atoms with van der Waals surface area (Å²) in [6.45, 7) is 6.18. The molecule has 34 heavy (non-hydrogen) atoms. The maximum atomic E-state index is 13.1. The van der Waals surface area contributed by atoms with Crippen molar-refractivity contribution in [3.05, 3.63) is 64.7 Å². The second-order valence-electron chi connectivity index (χ2n) is 8.59. The number of phenolic OH excluding ortho intramolecular Hbond substituents is 1. The van der Waals surface area contributed by atoms with E-state index in [1.54, 1.807) is 6.07 Å². The highest BCUT2D eigenvalue weighted by Gasteiger charge is 2.46. The van der Waals surface area contributed by atoms with E-state index in [0.29, 0.717) is 31.9 Å². The number of nitrogens with zero attached hydrogens (tertiary/aromatic N) is 2. The number of aliphatic hydroxyl groups is 1. The van der Waals surface area contributed by atoms with Gasteiger partial charge in [0.05, 0.1) is 37.5 Å². The van der Waals surface area contributed by atoms with Gasteiger partial charge in [-0.25, -0.2) is 0 Å². The van der Waals surface area contributed by atoms with Gasteiger partial charge in [-0.1, -0.05) is 29.8 Å². The van der Waals surface area contributed by atoms with Crippen LogP contribution >= 0.6 is 0 Å². The van der Waals surface area contributed by atoms with Gasteiger partial charge in [-0.05, 0) is 31.0 Å². The maximum Gasteiger partial charge on any atom is 0.295 e. The Balaban J connectivity index is 1.69. The molecule has 0 spiro atoms. The van der Waals surface area contributed by atoms with E-state index in [0.717, 1.165) is 30.8 Å². The van der Waals surface area contributed by atoms with Crippen molar-refractivity contribution in [3.63, 3.8) is 0 Å². The van der Waals surface area contributed by atoms with Crippen LogP contribution in [0.1, 0.15) is 29.2 Å². The summed E-state index contributed by atoms with van der Waals surface area (Å²) < 4.78 is 10.5. The lowest BCUT2D eigenvalue weighted by Gasteiger charge is -2.29. The summed E-state index contributed by atoms with van der Waals surface area (Å²) in [5.41, 5.74) is 1.82. The second-order valence-corrected chi connectivity index (χ2v) is 8.59. The molecule has 2 aromatic carbocycles. The summed E-state index contributed by atoms with van der Waals surface area (Å²) in [5, 5.41) is 21.6. The molecule has 2 fully saturated rings. The molecule has 2 aromatic rings. The zero-order valence-corrected chi connectivity index (χ0v) is 19.5. The first-order valence-corrected chi connectivity index (χ1v) is 11.4. The molecule has 1 unspecified atom stereocenters. The molecule has 2 aliphatic heterocycles. The fourth-order valence-corrected chi connectivity index (χ4v) is 4.48. The van der Waals surface area contributed by atoms with Gasteiger partial charge >= 0.3 is 0 Å². The van der Waals surface area contributed by atoms with Gasteiger partial charge < -0.3 is 24.6 Å². The monoisotopic (exact) mass is 466 g/mol. The number of hydrogen-bond acceptors (Lipinski definition) is 7. The van der Waals surface area contributed by atoms with E-state index in [1.165, 1.54) is 24.1 Å². The summed E-state index contributed by atoms with van der Waals surface area (Å²) in [6.07, 6.45) is 0.684. The molecule has 0 aromatic heterocycles. The van der Waals surface area contributed by atoms with Gasteiger partial charge in [0.1, 0.15) is 17.3 Å². The number of aryl methyl sites for hydroxylation is 1. The van der Waals surface area contributed by atoms with Crippen LogP contribution in [0.5, 0.6) is 11.5 Å². The Morgan fingerprint density at radius 3 is 2.44 bits per heavy atom. The number of methoxy groups -OCH3 is 1. The highest BCUT2D eigenvalue weighted by molar-refractivity contribution is 6.46. The number of Topliss-reactive ketones (excluding diaryl/α,β-unsaturated/α-hetero) is 1. The summed E-state index contributed by atoms with van der Waals surface area (Å²) in [7, 11) is 1.47. The third kappa shape index (κ3) is 4.78. The van der Waals surface area contributed by atoms with Crippen molar-refractivity contribution in [1.82, 2.24) is 9.80 Å². The fourth-order valence-electron chi connectivity index (χ4n) is 4.48. The summed E-state index contributed by atoms with van der Waals surface area (Å²) in [6, 6.07) is 11.2. The third-order valence-electron chi connectivity index (χ3n) is 6.37. The first-order chi connectivity index (χ1) is 16.4. The molecule has 1 amide bonds. The number of hydrogen-bond donors (Lipinski definition) is 2. The molecule has 1 atom stereocenters. The van der Waals surface area contributed by atoms with Crippen LogP contribution in [0.3, 0.4) is 0 Å². The average molecular weight is 467 g/mol. The number of amides is 1. The van der Waals surface area contributed by atoms with Crippen molar-refractivity contribution < 1.29 is 29.3 Å². The number of phenols is 1. The van der Waals surface area contributed by atoms with Gasteiger partial charge in [0.25, 0.3) is 11.7 Å². The molecule has 2 saturated heterocycles. The molecule has 8 heteroatoms. The Kier molecular flexibility index (Phi) is 7.19. The van der Waals surface area contributed by atoms with Gasteiger partial charge in [0.15, 0.2) is 0 Å². The maximum absolute atomic E-state index is 13.1. The molecular formula is C26H30N2O6. The fraction of sp³-hybridized carbons (Fsp3) is 0.385. The van der Waals surface area contributed by atoms with Crippen molar-refractivity contribution >= 4 is 17.4 Å². The van der Waals surface area contributed by atoms with Gasteiger partial charge in [-0.3, -0.25) is 14.5 Å². The van der Waals surface area contributed by atoms with Crippen molar-refractivity contribution in [2.24, 2.45) is 0 Å². The molecule has 2 aliphatic rings. The first-order valence-electron chi connectivity index (χ1n) is 11.4. The lowest BCUT2D eigenvalue weighted by atomic mass is 9.94. The van der Waals surface area contributed by atoms with Crippen LogP contribution in [0.25, 0.3) is 5.76 Å². The number of ketones is 1. The standard InChI is InChI=1S/C26H30N2O6/c1-17-4-6-18(7-5-17)23-22(24(30)20-9-8-19(33-2)16-21(20)29)25(31)26(32)28(23)11-3-10-27-12-14-34-15-13-27/h4-9,16,23,29-30H,3,10-15H2,1-2H3/b24-22+. The Labute approximate surface area is 199 Å². The normalized spacial score (nSPS) is 20.6. The number of likely N-dealkylation sites (tertiary alicyclic amines) is 1. The molecule has 2 N–H and O–H groups in total. The number of aromatic hydroxyl groups is 1. The second kappa shape index (κ2) is 10.3. The van der Waals surface area contributed by atoms with E-state index in [4.69, 9.17) is 9.47 Å². The van der Waals surface area contributed by atoms with Crippen molar-refractivity contribution in [2.75, 3.05) is 46.5 Å². The molecule has 8 nitrogen and oxygen atoms in total. The van der Waals surface area contributed by atoms with E-state index < -0.39 is 23.5 Å². The number of benzene rings is 2. The SMILES string of the molecule is COc1ccc(/C(O)=C2\C(=O)C(=O)N(CCCN3CCOCC3)C2c2ccc(C)cc2)c(O)c1. The van der Waals surface area contributed by atoms with E-state index in [-0.39, 0.29) is 16.9 Å². The number of carbonyl (C=O) groups is 2. The Bertz CT molecular complexity index is 1090. The number of aliphatic hydroxyl groups excluding tert-OH is 1. The minimum Gasteiger partial charge on any atom is -0.507 e. The molecule has 0 radical (unpaired) electrons. The van der Waals surface area contributed by atoms with E-state index in [9.17, 15) is 19.8 Å². The molecule has 180 valence electrons. The molecular weight excluding hydrogens is 436 g/mol. The molecule has 4 rings (SSSR count). The Hall–Kier alpha value is -3.36. The van der Waals surface area contributed by atoms with E-state index in [1.807, 2.05) is 31.2 Å². The Morgan fingerprint density at radius 2 is 1.79 bits per heavy atom. The minimum atomic E-state index is -0.760. The highest BCUT2D eigenvalue weighted by atomic mass is 16.5. The number of rotatable bonds is 7. The van der Waals surface area contributed by atoms with E-state index in [2.05, 4.69) is 4.90 Å². The smallest absolute Gasteiger partial charge is 0.295 e. The average Bonchev–Trinajstić information content (AvgIpc) is 3.09. The predicted molar refractivity (Wildman–Crippen MR) is 127 cm³/mol. The topological polar surface area (TPSA) is 99.5 Å². The summed E-state index contributed by atoms with van der Waals surface area (Å²) in [4.78, 5) is 30.0. The minimum absolute atomic E-state index is 0.0271. The first kappa shape index (κ1) is 23.8. The quantitative estimate of drug-likeness (QED) is 0.368. The van der Waals surface area contributed by atoms with Crippen LogP contribution in [0.4, 0.5) is 0 Å². The van der Waals surface area contributed by atoms with Crippen LogP contribution in [-0.2, 0) is 14.3 Å². The number of morpholine rings is 1. The van der Waals surface area contributed by atoms with Crippen molar-refractivity contribution in [2.45, 2.75) is 19.4 Å². The van der Waals surface area contributed by atoms with Crippen LogP contribution in [0, 0.1) is 6.92 Å². The van der Waals surface area contributed by atoms with E-state index >= 15 is 0 Å². The molecule has 0 aliphatic carbocycles. The molecule has 0 bridgehead atoms. The van der Waals surface area contributed by atoms with Crippen LogP contribution in [-0.4, -0.2) is 78.2 Å². The lowest BCUT2D eigenvalue weighted by Crippen LogP contribution is -2.38. The Morgan fingerprint density at radius 1 is 1.09 bits per heavy atom. The van der Waals surface area contributed by atoms with Gasteiger partial charge in [0, 0.05) is 32.2 Å². The van der Waals surface area contributed by atoms with Crippen molar-refractivity contribution in [1.29, 1.82) is 0 Å².